The molecule has 0 radical (unpaired) electrons. The monoisotopic (exact) mass is 485 g/mol. The number of hydrogen-bond acceptors (Lipinski definition) is 6. The van der Waals surface area contributed by atoms with Crippen LogP contribution in [0.3, 0.4) is 0 Å². The molecule has 10 heteroatoms. The van der Waals surface area contributed by atoms with Crippen LogP contribution in [0, 0.1) is 12.7 Å². The van der Waals surface area contributed by atoms with E-state index in [1.54, 1.807) is 39.0 Å². The number of nitrogens with one attached hydrogen (secondary N) is 2. The fourth-order valence-corrected chi connectivity index (χ4v) is 4.11. The molecule has 1 unspecified atom stereocenters. The maximum Gasteiger partial charge on any atom is 0.407 e. The normalized spacial score (nSPS) is 12.3. The lowest BCUT2D eigenvalue weighted by molar-refractivity contribution is 0.0529. The quantitative estimate of drug-likeness (QED) is 0.436. The van der Waals surface area contributed by atoms with E-state index in [0.29, 0.717) is 21.7 Å². The number of ether oxygens (including phenoxy) is 1. The molecule has 8 nitrogen and oxygen atoms in total. The number of benzene rings is 2. The van der Waals surface area contributed by atoms with Crippen LogP contribution in [-0.4, -0.2) is 39.0 Å². The molecule has 1 aromatic heterocycles. The predicted octanol–water partition coefficient (Wildman–Crippen LogP) is 3.98. The molecule has 2 aromatic carbocycles. The molecule has 0 bridgehead atoms. The molecule has 1 atom stereocenters. The number of carbonyl (C=O) groups is 1. The van der Waals surface area contributed by atoms with Crippen LogP contribution in [0.15, 0.2) is 53.7 Å². The second-order valence-corrected chi connectivity index (χ2v) is 9.88. The zero-order valence-corrected chi connectivity index (χ0v) is 20.3. The summed E-state index contributed by atoms with van der Waals surface area (Å²) in [7, 11) is -1.59. The van der Waals surface area contributed by atoms with Gasteiger partial charge in [-0.05, 0) is 57.0 Å². The summed E-state index contributed by atoms with van der Waals surface area (Å²) in [5, 5.41) is 2.61. The molecule has 0 fully saturated rings. The molecular formula is C24H28FN5O3S. The van der Waals surface area contributed by atoms with Crippen molar-refractivity contribution in [3.05, 3.63) is 60.2 Å². The maximum absolute atomic E-state index is 15.0. The summed E-state index contributed by atoms with van der Waals surface area (Å²) in [5.74, 6) is -0.231. The van der Waals surface area contributed by atoms with Crippen molar-refractivity contribution in [2.75, 3.05) is 18.8 Å². The molecule has 0 aliphatic rings. The number of rotatable bonds is 7. The molecule has 3 aromatic rings. The highest BCUT2D eigenvalue weighted by molar-refractivity contribution is 7.83. The number of anilines is 1. The van der Waals surface area contributed by atoms with Gasteiger partial charge in [-0.3, -0.25) is 4.98 Å². The number of aryl methyl sites for hydroxylation is 1. The summed E-state index contributed by atoms with van der Waals surface area (Å²) in [6, 6.07) is 10.2. The summed E-state index contributed by atoms with van der Waals surface area (Å²) in [6.45, 7) is 7.71. The smallest absolute Gasteiger partial charge is 0.407 e. The van der Waals surface area contributed by atoms with E-state index in [2.05, 4.69) is 20.0 Å². The van der Waals surface area contributed by atoms with Crippen molar-refractivity contribution in [3.8, 4) is 22.4 Å². The van der Waals surface area contributed by atoms with E-state index in [1.165, 1.54) is 18.5 Å². The highest BCUT2D eigenvalue weighted by atomic mass is 32.2. The van der Waals surface area contributed by atoms with Gasteiger partial charge in [-0.25, -0.2) is 23.1 Å². The largest absolute Gasteiger partial charge is 0.444 e. The zero-order valence-electron chi connectivity index (χ0n) is 19.5. The van der Waals surface area contributed by atoms with Gasteiger partial charge in [0.05, 0.1) is 23.0 Å². The fourth-order valence-electron chi connectivity index (χ4n) is 3.10. The molecule has 34 heavy (non-hydrogen) atoms. The van der Waals surface area contributed by atoms with Gasteiger partial charge in [0.2, 0.25) is 0 Å². The Bertz CT molecular complexity index is 1200. The van der Waals surface area contributed by atoms with Crippen LogP contribution in [0.5, 0.6) is 0 Å². The van der Waals surface area contributed by atoms with Gasteiger partial charge in [0.15, 0.2) is 0 Å². The second-order valence-electron chi connectivity index (χ2n) is 8.61. The number of nitrogens with two attached hydrogens (primary N) is 1. The fraction of sp³-hybridized carbons (Fsp3) is 0.292. The minimum atomic E-state index is -1.59. The average Bonchev–Trinajstić information content (AvgIpc) is 2.76. The highest BCUT2D eigenvalue weighted by Gasteiger charge is 2.17. The first-order valence-electron chi connectivity index (χ1n) is 10.6. The number of carbonyl (C=O) groups excluding carboxylic acids is 1. The van der Waals surface area contributed by atoms with E-state index in [9.17, 15) is 13.4 Å². The third-order valence-electron chi connectivity index (χ3n) is 4.59. The van der Waals surface area contributed by atoms with Gasteiger partial charge in [-0.2, -0.15) is 0 Å². The molecule has 0 aliphatic carbocycles. The van der Waals surface area contributed by atoms with E-state index in [1.807, 2.05) is 19.1 Å². The van der Waals surface area contributed by atoms with Crippen LogP contribution in [-0.2, 0) is 15.7 Å². The van der Waals surface area contributed by atoms with Gasteiger partial charge in [-0.15, -0.1) is 0 Å². The Balaban J connectivity index is 1.74. The van der Waals surface area contributed by atoms with Gasteiger partial charge < -0.3 is 15.8 Å². The Morgan fingerprint density at radius 2 is 1.85 bits per heavy atom. The maximum atomic E-state index is 15.0. The van der Waals surface area contributed by atoms with E-state index in [0.717, 1.165) is 5.56 Å². The standard InChI is InChI=1S/C24H28FN5O3S/c1-15-5-8-21(34(32)30-10-9-27-23(31)33-24(2,3)4)18(11-15)16-6-7-17(19(25)12-16)20-13-29-22(26)14-28-20/h5-8,11-14,30H,9-10H2,1-4H3,(H2,26,29)(H,27,31). The van der Waals surface area contributed by atoms with Gasteiger partial charge in [-0.1, -0.05) is 23.8 Å². The van der Waals surface area contributed by atoms with Crippen LogP contribution in [0.2, 0.25) is 0 Å². The number of halogens is 1. The summed E-state index contributed by atoms with van der Waals surface area (Å²) in [6.07, 6.45) is 2.24. The van der Waals surface area contributed by atoms with Gasteiger partial charge in [0, 0.05) is 18.7 Å². The van der Waals surface area contributed by atoms with Crippen molar-refractivity contribution in [3.63, 3.8) is 0 Å². The van der Waals surface area contributed by atoms with Crippen molar-refractivity contribution in [2.24, 2.45) is 0 Å². The number of hydrogen-bond donors (Lipinski definition) is 3. The third-order valence-corrected chi connectivity index (χ3v) is 5.81. The molecule has 3 rings (SSSR count). The van der Waals surface area contributed by atoms with Crippen molar-refractivity contribution in [1.82, 2.24) is 20.0 Å². The predicted molar refractivity (Wildman–Crippen MR) is 131 cm³/mol. The minimum Gasteiger partial charge on any atom is -0.444 e. The number of aromatic nitrogens is 2. The number of nitrogens with zero attached hydrogens (tertiary/aromatic N) is 2. The van der Waals surface area contributed by atoms with Crippen LogP contribution in [0.1, 0.15) is 26.3 Å². The molecular weight excluding hydrogens is 457 g/mol. The first-order valence-corrected chi connectivity index (χ1v) is 11.8. The van der Waals surface area contributed by atoms with Gasteiger partial charge in [0.25, 0.3) is 0 Å². The Hall–Kier alpha value is -3.37. The lowest BCUT2D eigenvalue weighted by Crippen LogP contribution is -2.36. The van der Waals surface area contributed by atoms with E-state index < -0.39 is 28.5 Å². The Kier molecular flexibility index (Phi) is 7.95. The number of alkyl carbamates (subject to hydrolysis) is 1. The SMILES string of the molecule is Cc1ccc(S(=O)NCCNC(=O)OC(C)(C)C)c(-c2ccc(-c3cnc(N)cn3)c(F)c2)c1. The first-order chi connectivity index (χ1) is 16.0. The zero-order chi connectivity index (χ0) is 24.9. The van der Waals surface area contributed by atoms with E-state index in [-0.39, 0.29) is 24.5 Å². The molecule has 180 valence electrons. The average molecular weight is 486 g/mol. The molecule has 0 aliphatic heterocycles. The first kappa shape index (κ1) is 25.3. The molecule has 0 saturated carbocycles. The van der Waals surface area contributed by atoms with Crippen LogP contribution in [0.4, 0.5) is 15.0 Å². The molecule has 1 amide bonds. The molecule has 1 heterocycles. The summed E-state index contributed by atoms with van der Waals surface area (Å²) < 4.78 is 36.0. The van der Waals surface area contributed by atoms with Crippen molar-refractivity contribution in [2.45, 2.75) is 38.2 Å². The highest BCUT2D eigenvalue weighted by Crippen LogP contribution is 2.31. The Morgan fingerprint density at radius 3 is 2.50 bits per heavy atom. The minimum absolute atomic E-state index is 0.230. The molecule has 0 spiro atoms. The lowest BCUT2D eigenvalue weighted by atomic mass is 10.0. The summed E-state index contributed by atoms with van der Waals surface area (Å²) in [4.78, 5) is 20.3. The topological polar surface area (TPSA) is 119 Å². The number of nitrogen functional groups attached to an aromatic ring is 1. The summed E-state index contributed by atoms with van der Waals surface area (Å²) >= 11 is 0. The van der Waals surface area contributed by atoms with Crippen LogP contribution >= 0.6 is 0 Å². The number of amides is 1. The van der Waals surface area contributed by atoms with Crippen molar-refractivity contribution in [1.29, 1.82) is 0 Å². The summed E-state index contributed by atoms with van der Waals surface area (Å²) in [5.41, 5.74) is 7.77. The van der Waals surface area contributed by atoms with Gasteiger partial charge >= 0.3 is 6.09 Å². The van der Waals surface area contributed by atoms with Crippen LogP contribution < -0.4 is 15.8 Å². The van der Waals surface area contributed by atoms with Crippen molar-refractivity contribution >= 4 is 22.9 Å². The lowest BCUT2D eigenvalue weighted by Gasteiger charge is -2.19. The Labute approximate surface area is 200 Å². The third kappa shape index (κ3) is 6.82. The second kappa shape index (κ2) is 10.7. The Morgan fingerprint density at radius 1 is 1.09 bits per heavy atom. The van der Waals surface area contributed by atoms with Crippen LogP contribution in [0.25, 0.3) is 22.4 Å². The van der Waals surface area contributed by atoms with E-state index in [4.69, 9.17) is 10.5 Å². The van der Waals surface area contributed by atoms with Gasteiger partial charge in [0.1, 0.15) is 28.2 Å². The van der Waals surface area contributed by atoms with E-state index >= 15 is 0 Å². The van der Waals surface area contributed by atoms with Crippen molar-refractivity contribution < 1.29 is 18.1 Å². The molecule has 0 saturated heterocycles. The molecule has 4 N–H and O–H groups in total.